The third-order valence-corrected chi connectivity index (χ3v) is 6.96. The molecule has 6 heteroatoms. The molecule has 0 N–H and O–H groups in total. The van der Waals surface area contributed by atoms with Crippen molar-refractivity contribution in [3.8, 4) is 0 Å². The van der Waals surface area contributed by atoms with Gasteiger partial charge in [0.2, 0.25) is 11.7 Å². The Bertz CT molecular complexity index is 698. The van der Waals surface area contributed by atoms with E-state index in [-0.39, 0.29) is 30.8 Å². The van der Waals surface area contributed by atoms with Crippen molar-refractivity contribution in [1.82, 2.24) is 4.90 Å². The Morgan fingerprint density at radius 1 is 1.27 bits per heavy atom. The maximum atomic E-state index is 12.5. The number of ether oxygens (including phenoxy) is 1. The fourth-order valence-electron chi connectivity index (χ4n) is 4.11. The quantitative estimate of drug-likeness (QED) is 0.582. The molecule has 1 aliphatic heterocycles. The summed E-state index contributed by atoms with van der Waals surface area (Å²) in [6.45, 7) is 6.54. The highest BCUT2D eigenvalue weighted by atomic mass is 32.1. The lowest BCUT2D eigenvalue weighted by Gasteiger charge is -2.39. The van der Waals surface area contributed by atoms with Crippen LogP contribution in [-0.4, -0.2) is 41.8 Å². The summed E-state index contributed by atoms with van der Waals surface area (Å²) in [5, 5.41) is 0. The van der Waals surface area contributed by atoms with Crippen LogP contribution >= 0.6 is 11.3 Å². The Hall–Kier alpha value is -1.69. The first-order valence-electron chi connectivity index (χ1n) is 9.42. The number of esters is 1. The molecule has 3 rings (SSSR count). The molecule has 1 saturated heterocycles. The topological polar surface area (TPSA) is 63.7 Å². The zero-order chi connectivity index (χ0) is 18.8. The molecule has 2 aliphatic rings. The second-order valence-electron chi connectivity index (χ2n) is 7.72. The number of carbonyl (C=O) groups is 3. The molecule has 0 aromatic carbocycles. The third kappa shape index (κ3) is 4.00. The second-order valence-corrected chi connectivity index (χ2v) is 9.01. The van der Waals surface area contributed by atoms with Gasteiger partial charge in [-0.1, -0.05) is 26.7 Å². The summed E-state index contributed by atoms with van der Waals surface area (Å²) in [6, 6.07) is 3.85. The maximum absolute atomic E-state index is 12.5. The molecular weight excluding hydrogens is 350 g/mol. The van der Waals surface area contributed by atoms with Crippen molar-refractivity contribution in [2.75, 3.05) is 13.2 Å². The number of Topliss-reactive ketones (excluding diaryl/α,β-unsaturated/α-hetero) is 1. The van der Waals surface area contributed by atoms with Crippen LogP contribution in [0.5, 0.6) is 0 Å². The standard InChI is InChI=1S/C20H27NO4S/c1-12-5-4-6-16(14(12)3)21-10-15(9-19(21)23)20(24)25-11-17(22)18-8-7-13(2)26-18/h7-8,12,14-16H,4-6,9-11H2,1-3H3/t12-,14-,15-,16-/m0/s1. The fraction of sp³-hybridized carbons (Fsp3) is 0.650. The van der Waals surface area contributed by atoms with Crippen LogP contribution in [-0.2, 0) is 14.3 Å². The molecule has 0 radical (unpaired) electrons. The summed E-state index contributed by atoms with van der Waals surface area (Å²) in [4.78, 5) is 40.4. The van der Waals surface area contributed by atoms with Gasteiger partial charge < -0.3 is 9.64 Å². The summed E-state index contributed by atoms with van der Waals surface area (Å²) < 4.78 is 5.22. The minimum absolute atomic E-state index is 0.0399. The van der Waals surface area contributed by atoms with E-state index in [9.17, 15) is 14.4 Å². The summed E-state index contributed by atoms with van der Waals surface area (Å²) in [5.41, 5.74) is 0. The van der Waals surface area contributed by atoms with Crippen LogP contribution in [0.25, 0.3) is 0 Å². The van der Waals surface area contributed by atoms with Gasteiger partial charge in [0.1, 0.15) is 0 Å². The Labute approximate surface area is 158 Å². The smallest absolute Gasteiger partial charge is 0.311 e. The molecular formula is C20H27NO4S. The van der Waals surface area contributed by atoms with Gasteiger partial charge in [-0.2, -0.15) is 0 Å². The van der Waals surface area contributed by atoms with Gasteiger partial charge in [0.25, 0.3) is 0 Å². The van der Waals surface area contributed by atoms with Crippen LogP contribution < -0.4 is 0 Å². The van der Waals surface area contributed by atoms with E-state index in [1.165, 1.54) is 17.8 Å². The van der Waals surface area contributed by atoms with Gasteiger partial charge in [-0.05, 0) is 37.3 Å². The van der Waals surface area contributed by atoms with Crippen molar-refractivity contribution in [2.45, 2.75) is 52.5 Å². The van der Waals surface area contributed by atoms with Gasteiger partial charge >= 0.3 is 5.97 Å². The highest BCUT2D eigenvalue weighted by molar-refractivity contribution is 7.14. The highest BCUT2D eigenvalue weighted by Gasteiger charge is 2.42. The van der Waals surface area contributed by atoms with Crippen LogP contribution in [0, 0.1) is 24.7 Å². The van der Waals surface area contributed by atoms with Gasteiger partial charge in [0.05, 0.1) is 10.8 Å². The summed E-state index contributed by atoms with van der Waals surface area (Å²) in [5.74, 6) is 0.0137. The first kappa shape index (κ1) is 19.1. The minimum atomic E-state index is -0.454. The van der Waals surface area contributed by atoms with Gasteiger partial charge in [0.15, 0.2) is 6.61 Å². The SMILES string of the molecule is Cc1ccc(C(=O)COC(=O)[C@H]2CC(=O)N([C@H]3CCC[C@H](C)[C@@H]3C)C2)s1. The third-order valence-electron chi connectivity index (χ3n) is 5.92. The monoisotopic (exact) mass is 377 g/mol. The van der Waals surface area contributed by atoms with E-state index in [0.717, 1.165) is 17.7 Å². The van der Waals surface area contributed by atoms with Crippen LogP contribution in [0.4, 0.5) is 0 Å². The molecule has 4 atom stereocenters. The number of rotatable bonds is 5. The Morgan fingerprint density at radius 3 is 2.73 bits per heavy atom. The molecule has 2 fully saturated rings. The van der Waals surface area contributed by atoms with Gasteiger partial charge in [-0.15, -0.1) is 11.3 Å². The first-order chi connectivity index (χ1) is 12.4. The molecule has 1 aromatic rings. The van der Waals surface area contributed by atoms with Gasteiger partial charge in [-0.3, -0.25) is 14.4 Å². The lowest BCUT2D eigenvalue weighted by Crippen LogP contribution is -2.45. The van der Waals surface area contributed by atoms with Gasteiger partial charge in [0, 0.05) is 23.9 Å². The Kier molecular flexibility index (Phi) is 5.80. The van der Waals surface area contributed by atoms with Crippen molar-refractivity contribution in [3.05, 3.63) is 21.9 Å². The largest absolute Gasteiger partial charge is 0.457 e. The average molecular weight is 378 g/mol. The van der Waals surface area contributed by atoms with Crippen molar-refractivity contribution in [3.63, 3.8) is 0 Å². The zero-order valence-corrected chi connectivity index (χ0v) is 16.5. The number of hydrogen-bond donors (Lipinski definition) is 0. The normalized spacial score (nSPS) is 29.0. The fourth-order valence-corrected chi connectivity index (χ4v) is 4.91. The summed E-state index contributed by atoms with van der Waals surface area (Å²) in [6.07, 6.45) is 3.54. The predicted octanol–water partition coefficient (Wildman–Crippen LogP) is 3.46. The molecule has 1 aromatic heterocycles. The molecule has 142 valence electrons. The molecule has 1 saturated carbocycles. The molecule has 0 spiro atoms. The molecule has 0 unspecified atom stereocenters. The average Bonchev–Trinajstić information content (AvgIpc) is 3.21. The summed E-state index contributed by atoms with van der Waals surface area (Å²) >= 11 is 1.40. The van der Waals surface area contributed by atoms with E-state index in [1.54, 1.807) is 6.07 Å². The lowest BCUT2D eigenvalue weighted by atomic mass is 9.77. The van der Waals surface area contributed by atoms with Crippen molar-refractivity contribution in [1.29, 1.82) is 0 Å². The number of aryl methyl sites for hydroxylation is 1. The van der Waals surface area contributed by atoms with E-state index in [4.69, 9.17) is 4.74 Å². The molecule has 26 heavy (non-hydrogen) atoms. The molecule has 1 amide bonds. The van der Waals surface area contributed by atoms with E-state index < -0.39 is 11.9 Å². The van der Waals surface area contributed by atoms with Crippen LogP contribution in [0.15, 0.2) is 12.1 Å². The second kappa shape index (κ2) is 7.91. The molecule has 5 nitrogen and oxygen atoms in total. The van der Waals surface area contributed by atoms with Crippen LogP contribution in [0.1, 0.15) is 54.1 Å². The number of carbonyl (C=O) groups excluding carboxylic acids is 3. The van der Waals surface area contributed by atoms with Crippen LogP contribution in [0.3, 0.4) is 0 Å². The Balaban J connectivity index is 1.54. The summed E-state index contributed by atoms with van der Waals surface area (Å²) in [7, 11) is 0. The maximum Gasteiger partial charge on any atom is 0.311 e. The van der Waals surface area contributed by atoms with Crippen molar-refractivity contribution >= 4 is 29.0 Å². The molecule has 0 bridgehead atoms. The number of ketones is 1. The van der Waals surface area contributed by atoms with E-state index >= 15 is 0 Å². The van der Waals surface area contributed by atoms with Crippen molar-refractivity contribution < 1.29 is 19.1 Å². The molecule has 2 heterocycles. The minimum Gasteiger partial charge on any atom is -0.457 e. The van der Waals surface area contributed by atoms with E-state index in [0.29, 0.717) is 23.3 Å². The van der Waals surface area contributed by atoms with E-state index in [2.05, 4.69) is 13.8 Å². The van der Waals surface area contributed by atoms with Crippen molar-refractivity contribution in [2.24, 2.45) is 17.8 Å². The lowest BCUT2D eigenvalue weighted by molar-refractivity contribution is -0.147. The first-order valence-corrected chi connectivity index (χ1v) is 10.2. The predicted molar refractivity (Wildman–Crippen MR) is 100 cm³/mol. The number of thiophene rings is 1. The van der Waals surface area contributed by atoms with Crippen LogP contribution in [0.2, 0.25) is 0 Å². The van der Waals surface area contributed by atoms with Gasteiger partial charge in [-0.25, -0.2) is 0 Å². The number of likely N-dealkylation sites (tertiary alicyclic amines) is 1. The number of nitrogens with zero attached hydrogens (tertiary/aromatic N) is 1. The number of amides is 1. The number of hydrogen-bond acceptors (Lipinski definition) is 5. The zero-order valence-electron chi connectivity index (χ0n) is 15.7. The highest BCUT2D eigenvalue weighted by Crippen LogP contribution is 2.35. The Morgan fingerprint density at radius 2 is 2.04 bits per heavy atom. The van der Waals surface area contributed by atoms with E-state index in [1.807, 2.05) is 17.9 Å². The molecule has 1 aliphatic carbocycles.